The van der Waals surface area contributed by atoms with Crippen LogP contribution >= 0.6 is 11.3 Å². The SMILES string of the molecule is CCOc1ccc2nc(N3CC(C(=O)N4CCNC(=O)C4)CC3=O)sc2c1. The highest BCUT2D eigenvalue weighted by Gasteiger charge is 2.39. The Kier molecular flexibility index (Phi) is 4.69. The van der Waals surface area contributed by atoms with Gasteiger partial charge in [-0.25, -0.2) is 4.98 Å². The fourth-order valence-corrected chi connectivity index (χ4v) is 4.43. The van der Waals surface area contributed by atoms with Gasteiger partial charge in [-0.3, -0.25) is 19.3 Å². The van der Waals surface area contributed by atoms with Crippen LogP contribution in [0.3, 0.4) is 0 Å². The monoisotopic (exact) mass is 388 g/mol. The van der Waals surface area contributed by atoms with Gasteiger partial charge in [-0.1, -0.05) is 11.3 Å². The molecule has 3 amide bonds. The Morgan fingerprint density at radius 1 is 1.41 bits per heavy atom. The van der Waals surface area contributed by atoms with Gasteiger partial charge < -0.3 is 15.0 Å². The average molecular weight is 388 g/mol. The second-order valence-corrected chi connectivity index (χ2v) is 7.58. The van der Waals surface area contributed by atoms with Gasteiger partial charge in [-0.05, 0) is 25.1 Å². The summed E-state index contributed by atoms with van der Waals surface area (Å²) in [7, 11) is 0. The number of rotatable bonds is 4. The van der Waals surface area contributed by atoms with Gasteiger partial charge in [0.1, 0.15) is 5.75 Å². The van der Waals surface area contributed by atoms with Crippen molar-refractivity contribution in [2.75, 3.05) is 37.7 Å². The maximum atomic E-state index is 12.7. The molecule has 0 radical (unpaired) electrons. The molecule has 1 unspecified atom stereocenters. The minimum absolute atomic E-state index is 0.0604. The van der Waals surface area contributed by atoms with Crippen molar-refractivity contribution >= 4 is 44.4 Å². The Balaban J connectivity index is 1.51. The number of aromatic nitrogens is 1. The van der Waals surface area contributed by atoms with Crippen molar-refractivity contribution in [2.24, 2.45) is 5.92 Å². The maximum absolute atomic E-state index is 12.7. The first-order valence-electron chi connectivity index (χ1n) is 8.94. The lowest BCUT2D eigenvalue weighted by atomic mass is 10.1. The molecule has 2 saturated heterocycles. The van der Waals surface area contributed by atoms with Crippen LogP contribution < -0.4 is 15.0 Å². The van der Waals surface area contributed by atoms with Gasteiger partial charge in [0.15, 0.2) is 5.13 Å². The fourth-order valence-electron chi connectivity index (χ4n) is 3.41. The van der Waals surface area contributed by atoms with E-state index in [1.165, 1.54) is 16.2 Å². The second-order valence-electron chi connectivity index (χ2n) is 6.57. The van der Waals surface area contributed by atoms with Crippen LogP contribution in [0, 0.1) is 5.92 Å². The number of carbonyl (C=O) groups is 3. The number of nitrogens with one attached hydrogen (secondary N) is 1. The van der Waals surface area contributed by atoms with E-state index in [-0.39, 0.29) is 30.7 Å². The van der Waals surface area contributed by atoms with Crippen LogP contribution in [-0.4, -0.2) is 60.4 Å². The van der Waals surface area contributed by atoms with E-state index in [0.717, 1.165) is 16.0 Å². The zero-order chi connectivity index (χ0) is 19.0. The van der Waals surface area contributed by atoms with Gasteiger partial charge in [0.25, 0.3) is 0 Å². The standard InChI is InChI=1S/C18H20N4O4S/c1-2-26-12-3-4-13-14(8-12)27-18(20-13)22-9-11(7-16(22)24)17(25)21-6-5-19-15(23)10-21/h3-4,8,11H,2,5-7,9-10H2,1H3,(H,19,23). The summed E-state index contributed by atoms with van der Waals surface area (Å²) in [4.78, 5) is 44.4. The summed E-state index contributed by atoms with van der Waals surface area (Å²) in [5, 5.41) is 3.29. The summed E-state index contributed by atoms with van der Waals surface area (Å²) >= 11 is 1.41. The molecule has 0 spiro atoms. The largest absolute Gasteiger partial charge is 0.494 e. The first-order valence-corrected chi connectivity index (χ1v) is 9.76. The third kappa shape index (κ3) is 3.46. The molecule has 2 aliphatic rings. The third-order valence-electron chi connectivity index (χ3n) is 4.71. The van der Waals surface area contributed by atoms with Crippen molar-refractivity contribution in [3.8, 4) is 5.75 Å². The molecule has 1 aromatic carbocycles. The molecule has 9 heteroatoms. The normalized spacial score (nSPS) is 20.3. The molecule has 27 heavy (non-hydrogen) atoms. The van der Waals surface area contributed by atoms with Gasteiger partial charge in [0, 0.05) is 26.1 Å². The number of piperazine rings is 1. The van der Waals surface area contributed by atoms with Gasteiger partial charge in [-0.15, -0.1) is 0 Å². The molecular formula is C18H20N4O4S. The minimum atomic E-state index is -0.436. The lowest BCUT2D eigenvalue weighted by Crippen LogP contribution is -2.51. The Morgan fingerprint density at radius 2 is 2.26 bits per heavy atom. The van der Waals surface area contributed by atoms with Gasteiger partial charge in [0.2, 0.25) is 17.7 Å². The molecule has 0 bridgehead atoms. The Bertz CT molecular complexity index is 912. The minimum Gasteiger partial charge on any atom is -0.494 e. The number of ether oxygens (including phenoxy) is 1. The van der Waals surface area contributed by atoms with E-state index >= 15 is 0 Å². The molecular weight excluding hydrogens is 368 g/mol. The quantitative estimate of drug-likeness (QED) is 0.844. The topological polar surface area (TPSA) is 91.8 Å². The second kappa shape index (κ2) is 7.15. The van der Waals surface area contributed by atoms with E-state index in [1.54, 1.807) is 4.90 Å². The molecule has 0 saturated carbocycles. The fraction of sp³-hybridized carbons (Fsp3) is 0.444. The molecule has 2 aromatic rings. The van der Waals surface area contributed by atoms with Crippen molar-refractivity contribution < 1.29 is 19.1 Å². The molecule has 0 aliphatic carbocycles. The summed E-state index contributed by atoms with van der Waals surface area (Å²) in [5.74, 6) is -0.0785. The summed E-state index contributed by atoms with van der Waals surface area (Å²) < 4.78 is 6.45. The van der Waals surface area contributed by atoms with Crippen molar-refractivity contribution in [3.05, 3.63) is 18.2 Å². The zero-order valence-electron chi connectivity index (χ0n) is 14.9. The van der Waals surface area contributed by atoms with Crippen LogP contribution in [0.25, 0.3) is 10.2 Å². The number of amides is 3. The maximum Gasteiger partial charge on any atom is 0.239 e. The summed E-state index contributed by atoms with van der Waals surface area (Å²) in [6.07, 6.45) is 0.150. The highest BCUT2D eigenvalue weighted by Crippen LogP contribution is 2.34. The molecule has 2 aliphatic heterocycles. The number of hydrogen-bond donors (Lipinski definition) is 1. The lowest BCUT2D eigenvalue weighted by molar-refractivity contribution is -0.141. The van der Waals surface area contributed by atoms with E-state index in [2.05, 4.69) is 10.3 Å². The molecule has 1 N–H and O–H groups in total. The Labute approximate surface area is 160 Å². The highest BCUT2D eigenvalue weighted by molar-refractivity contribution is 7.22. The van der Waals surface area contributed by atoms with Crippen LogP contribution in [0.2, 0.25) is 0 Å². The lowest BCUT2D eigenvalue weighted by Gasteiger charge is -2.28. The first kappa shape index (κ1) is 17.7. The number of hydrogen-bond acceptors (Lipinski definition) is 6. The van der Waals surface area contributed by atoms with Gasteiger partial charge in [0.05, 0.1) is 29.3 Å². The average Bonchev–Trinajstić information content (AvgIpc) is 3.24. The van der Waals surface area contributed by atoms with Crippen LogP contribution in [0.1, 0.15) is 13.3 Å². The summed E-state index contributed by atoms with van der Waals surface area (Å²) in [6.45, 7) is 3.80. The number of carbonyl (C=O) groups excluding carboxylic acids is 3. The van der Waals surface area contributed by atoms with Crippen LogP contribution in [0.4, 0.5) is 5.13 Å². The smallest absolute Gasteiger partial charge is 0.239 e. The van der Waals surface area contributed by atoms with Crippen molar-refractivity contribution in [2.45, 2.75) is 13.3 Å². The third-order valence-corrected chi connectivity index (χ3v) is 5.76. The predicted octanol–water partition coefficient (Wildman–Crippen LogP) is 1.01. The summed E-state index contributed by atoms with van der Waals surface area (Å²) in [6, 6.07) is 5.64. The molecule has 1 atom stereocenters. The first-order chi connectivity index (χ1) is 13.0. The number of fused-ring (bicyclic) bond motifs is 1. The Hall–Kier alpha value is -2.68. The van der Waals surface area contributed by atoms with Gasteiger partial charge in [-0.2, -0.15) is 0 Å². The van der Waals surface area contributed by atoms with E-state index in [9.17, 15) is 14.4 Å². The Morgan fingerprint density at radius 3 is 3.04 bits per heavy atom. The number of benzene rings is 1. The van der Waals surface area contributed by atoms with E-state index in [0.29, 0.717) is 31.4 Å². The number of anilines is 1. The molecule has 2 fully saturated rings. The van der Waals surface area contributed by atoms with Crippen LogP contribution in [-0.2, 0) is 14.4 Å². The van der Waals surface area contributed by atoms with Crippen LogP contribution in [0.15, 0.2) is 18.2 Å². The van der Waals surface area contributed by atoms with Crippen LogP contribution in [0.5, 0.6) is 5.75 Å². The van der Waals surface area contributed by atoms with Crippen molar-refractivity contribution in [1.29, 1.82) is 0 Å². The molecule has 8 nitrogen and oxygen atoms in total. The zero-order valence-corrected chi connectivity index (χ0v) is 15.8. The highest BCUT2D eigenvalue weighted by atomic mass is 32.1. The number of thiazole rings is 1. The predicted molar refractivity (Wildman–Crippen MR) is 101 cm³/mol. The van der Waals surface area contributed by atoms with E-state index < -0.39 is 5.92 Å². The molecule has 1 aromatic heterocycles. The van der Waals surface area contributed by atoms with Crippen molar-refractivity contribution in [3.63, 3.8) is 0 Å². The number of nitrogens with zero attached hydrogens (tertiary/aromatic N) is 3. The molecule has 3 heterocycles. The van der Waals surface area contributed by atoms with E-state index in [4.69, 9.17) is 4.74 Å². The molecule has 4 rings (SSSR count). The van der Waals surface area contributed by atoms with Gasteiger partial charge >= 0.3 is 0 Å². The van der Waals surface area contributed by atoms with E-state index in [1.807, 2.05) is 25.1 Å². The molecule has 142 valence electrons. The summed E-state index contributed by atoms with van der Waals surface area (Å²) in [5.41, 5.74) is 0.800. The van der Waals surface area contributed by atoms with Crippen molar-refractivity contribution in [1.82, 2.24) is 15.2 Å².